The third-order valence-corrected chi connectivity index (χ3v) is 5.19. The van der Waals surface area contributed by atoms with Gasteiger partial charge >= 0.3 is 0 Å². The molecular formula is C23H20ClN5O3. The monoisotopic (exact) mass is 449 g/mol. The minimum absolute atomic E-state index is 0.0554. The first-order valence-electron chi connectivity index (χ1n) is 9.93. The van der Waals surface area contributed by atoms with Gasteiger partial charge in [0.2, 0.25) is 5.91 Å². The van der Waals surface area contributed by atoms with Crippen LogP contribution >= 0.6 is 11.6 Å². The minimum atomic E-state index is -0.344. The summed E-state index contributed by atoms with van der Waals surface area (Å²) in [5.41, 5.74) is 2.54. The topological polar surface area (TPSA) is 103 Å². The van der Waals surface area contributed by atoms with E-state index in [-0.39, 0.29) is 24.3 Å². The third kappa shape index (κ3) is 5.04. The second-order valence-corrected chi connectivity index (χ2v) is 7.58. The highest BCUT2D eigenvalue weighted by Gasteiger charge is 2.19. The molecule has 2 aromatic carbocycles. The minimum Gasteiger partial charge on any atom is -0.359 e. The van der Waals surface area contributed by atoms with Crippen molar-refractivity contribution < 1.29 is 14.4 Å². The first kappa shape index (κ1) is 21.3. The molecule has 1 aromatic heterocycles. The Bertz CT molecular complexity index is 1170. The number of aromatic nitrogens is 1. The summed E-state index contributed by atoms with van der Waals surface area (Å²) in [4.78, 5) is 42.5. The van der Waals surface area contributed by atoms with E-state index in [4.69, 9.17) is 11.6 Å². The van der Waals surface area contributed by atoms with Crippen molar-refractivity contribution >= 4 is 46.4 Å². The zero-order valence-electron chi connectivity index (χ0n) is 17.0. The summed E-state index contributed by atoms with van der Waals surface area (Å²) in [5.74, 6) is -0.715. The van der Waals surface area contributed by atoms with E-state index in [0.29, 0.717) is 40.6 Å². The summed E-state index contributed by atoms with van der Waals surface area (Å²) in [6, 6.07) is 15.1. The Balaban J connectivity index is 1.44. The smallest absolute Gasteiger partial charge is 0.257 e. The Morgan fingerprint density at radius 2 is 1.72 bits per heavy atom. The van der Waals surface area contributed by atoms with Crippen LogP contribution < -0.4 is 20.9 Å². The molecule has 0 radical (unpaired) electrons. The van der Waals surface area contributed by atoms with E-state index in [1.165, 1.54) is 6.20 Å². The van der Waals surface area contributed by atoms with Gasteiger partial charge in [0.05, 0.1) is 22.8 Å². The van der Waals surface area contributed by atoms with Crippen LogP contribution in [0.2, 0.25) is 5.02 Å². The third-order valence-electron chi connectivity index (χ3n) is 4.89. The van der Waals surface area contributed by atoms with E-state index in [1.54, 1.807) is 60.8 Å². The van der Waals surface area contributed by atoms with Gasteiger partial charge in [-0.3, -0.25) is 19.4 Å². The zero-order valence-corrected chi connectivity index (χ0v) is 17.7. The number of anilines is 3. The summed E-state index contributed by atoms with van der Waals surface area (Å²) >= 11 is 6.40. The molecule has 0 aliphatic carbocycles. The molecule has 3 aromatic rings. The van der Waals surface area contributed by atoms with Crippen LogP contribution in [0.5, 0.6) is 0 Å². The standard InChI is InChI=1S/C23H20ClN5O3/c24-19-12-18(6-7-20(19)29-10-9-26-21(30)14-29)28-22(31)15-3-1-5-17(11-15)27-23(32)16-4-2-8-25-13-16/h1-8,11-13H,9-10,14H2,(H,26,30)(H,27,32)(H,28,31). The van der Waals surface area contributed by atoms with E-state index in [9.17, 15) is 14.4 Å². The van der Waals surface area contributed by atoms with Crippen LogP contribution in [-0.2, 0) is 4.79 Å². The van der Waals surface area contributed by atoms with E-state index < -0.39 is 0 Å². The molecule has 0 spiro atoms. The number of rotatable bonds is 5. The fraction of sp³-hybridized carbons (Fsp3) is 0.130. The molecule has 0 unspecified atom stereocenters. The number of hydrogen-bond acceptors (Lipinski definition) is 5. The number of pyridine rings is 1. The highest BCUT2D eigenvalue weighted by Crippen LogP contribution is 2.29. The maximum atomic E-state index is 12.7. The van der Waals surface area contributed by atoms with Crippen molar-refractivity contribution in [1.82, 2.24) is 10.3 Å². The molecule has 9 heteroatoms. The van der Waals surface area contributed by atoms with Gasteiger partial charge in [0, 0.05) is 42.4 Å². The van der Waals surface area contributed by atoms with Gasteiger partial charge in [-0.05, 0) is 48.5 Å². The Labute approximate surface area is 189 Å². The molecule has 3 amide bonds. The molecule has 1 saturated heterocycles. The number of amides is 3. The number of halogens is 1. The van der Waals surface area contributed by atoms with Crippen molar-refractivity contribution in [3.8, 4) is 0 Å². The molecule has 0 bridgehead atoms. The molecule has 2 heterocycles. The highest BCUT2D eigenvalue weighted by atomic mass is 35.5. The number of piperazine rings is 1. The molecular weight excluding hydrogens is 430 g/mol. The van der Waals surface area contributed by atoms with Crippen molar-refractivity contribution in [2.75, 3.05) is 35.2 Å². The Morgan fingerprint density at radius 3 is 2.44 bits per heavy atom. The average Bonchev–Trinajstić information content (AvgIpc) is 2.80. The lowest BCUT2D eigenvalue weighted by Crippen LogP contribution is -2.47. The summed E-state index contributed by atoms with van der Waals surface area (Å²) in [7, 11) is 0. The van der Waals surface area contributed by atoms with Crippen molar-refractivity contribution in [2.45, 2.75) is 0 Å². The molecule has 32 heavy (non-hydrogen) atoms. The number of nitrogens with zero attached hydrogens (tertiary/aromatic N) is 2. The first-order chi connectivity index (χ1) is 15.5. The molecule has 4 rings (SSSR count). The molecule has 8 nitrogen and oxygen atoms in total. The number of nitrogens with one attached hydrogen (secondary N) is 3. The van der Waals surface area contributed by atoms with Gasteiger partial charge in [0.25, 0.3) is 11.8 Å². The van der Waals surface area contributed by atoms with Crippen LogP contribution in [0, 0.1) is 0 Å². The van der Waals surface area contributed by atoms with Gasteiger partial charge in [-0.15, -0.1) is 0 Å². The number of benzene rings is 2. The average molecular weight is 450 g/mol. The molecule has 0 atom stereocenters. The van der Waals surface area contributed by atoms with E-state index in [0.717, 1.165) is 5.69 Å². The van der Waals surface area contributed by atoms with Crippen molar-refractivity contribution in [1.29, 1.82) is 0 Å². The predicted molar refractivity (Wildman–Crippen MR) is 123 cm³/mol. The molecule has 0 saturated carbocycles. The fourth-order valence-corrected chi connectivity index (χ4v) is 3.63. The van der Waals surface area contributed by atoms with Gasteiger partial charge in [-0.2, -0.15) is 0 Å². The Kier molecular flexibility index (Phi) is 6.32. The normalized spacial score (nSPS) is 13.3. The SMILES string of the molecule is O=C1CN(c2ccc(NC(=O)c3cccc(NC(=O)c4cccnc4)c3)cc2Cl)CCN1. The number of hydrogen-bond donors (Lipinski definition) is 3. The lowest BCUT2D eigenvalue weighted by molar-refractivity contribution is -0.120. The van der Waals surface area contributed by atoms with Gasteiger partial charge in [0.1, 0.15) is 0 Å². The fourth-order valence-electron chi connectivity index (χ4n) is 3.33. The molecule has 1 aliphatic heterocycles. The maximum absolute atomic E-state index is 12.7. The van der Waals surface area contributed by atoms with Gasteiger partial charge in [-0.1, -0.05) is 17.7 Å². The van der Waals surface area contributed by atoms with Gasteiger partial charge in [-0.25, -0.2) is 0 Å². The van der Waals surface area contributed by atoms with Crippen molar-refractivity contribution in [3.63, 3.8) is 0 Å². The predicted octanol–water partition coefficient (Wildman–Crippen LogP) is 3.18. The van der Waals surface area contributed by atoms with Crippen molar-refractivity contribution in [2.24, 2.45) is 0 Å². The van der Waals surface area contributed by atoms with E-state index in [1.807, 2.05) is 4.90 Å². The number of carbonyl (C=O) groups excluding carboxylic acids is 3. The first-order valence-corrected chi connectivity index (χ1v) is 10.3. The summed E-state index contributed by atoms with van der Waals surface area (Å²) < 4.78 is 0. The summed E-state index contributed by atoms with van der Waals surface area (Å²) in [6.45, 7) is 1.46. The lowest BCUT2D eigenvalue weighted by atomic mass is 10.1. The Hall–Kier alpha value is -3.91. The molecule has 3 N–H and O–H groups in total. The number of carbonyl (C=O) groups is 3. The van der Waals surface area contributed by atoms with Crippen molar-refractivity contribution in [3.05, 3.63) is 83.1 Å². The zero-order chi connectivity index (χ0) is 22.5. The second kappa shape index (κ2) is 9.49. The largest absolute Gasteiger partial charge is 0.359 e. The van der Waals surface area contributed by atoms with Crippen LogP contribution in [-0.4, -0.2) is 42.3 Å². The van der Waals surface area contributed by atoms with E-state index in [2.05, 4.69) is 20.9 Å². The summed E-state index contributed by atoms with van der Waals surface area (Å²) in [5, 5.41) is 8.77. The quantitative estimate of drug-likeness (QED) is 0.555. The highest BCUT2D eigenvalue weighted by molar-refractivity contribution is 6.33. The molecule has 162 valence electrons. The van der Waals surface area contributed by atoms with Gasteiger partial charge in [0.15, 0.2) is 0 Å². The van der Waals surface area contributed by atoms with Crippen LogP contribution in [0.25, 0.3) is 0 Å². The van der Waals surface area contributed by atoms with Crippen LogP contribution in [0.1, 0.15) is 20.7 Å². The molecule has 1 fully saturated rings. The van der Waals surface area contributed by atoms with Crippen LogP contribution in [0.3, 0.4) is 0 Å². The second-order valence-electron chi connectivity index (χ2n) is 7.17. The van der Waals surface area contributed by atoms with Gasteiger partial charge < -0.3 is 20.9 Å². The summed E-state index contributed by atoms with van der Waals surface area (Å²) in [6.07, 6.45) is 3.05. The van der Waals surface area contributed by atoms with Crippen LogP contribution in [0.4, 0.5) is 17.1 Å². The maximum Gasteiger partial charge on any atom is 0.257 e. The molecule has 1 aliphatic rings. The lowest BCUT2D eigenvalue weighted by Gasteiger charge is -2.29. The Morgan fingerprint density at radius 1 is 0.969 bits per heavy atom. The van der Waals surface area contributed by atoms with Crippen LogP contribution in [0.15, 0.2) is 67.0 Å². The van der Waals surface area contributed by atoms with E-state index >= 15 is 0 Å².